The molecular formula is C23H20BrN3O3S. The summed E-state index contributed by atoms with van der Waals surface area (Å²) in [4.78, 5) is 16.9. The van der Waals surface area contributed by atoms with Crippen LogP contribution in [0.5, 0.6) is 0 Å². The topological polar surface area (TPSA) is 98.7 Å². The number of hydrogen-bond donors (Lipinski definition) is 2. The number of carbonyl (C=O) groups excluding carboxylic acids is 1. The third-order valence-corrected chi connectivity index (χ3v) is 5.40. The maximum absolute atomic E-state index is 12.3. The van der Waals surface area contributed by atoms with E-state index in [2.05, 4.69) is 45.4 Å². The Morgan fingerprint density at radius 3 is 2.45 bits per heavy atom. The number of fused-ring (bicyclic) bond motifs is 1. The summed E-state index contributed by atoms with van der Waals surface area (Å²) < 4.78 is 6.73. The first kappa shape index (κ1) is 22.6. The van der Waals surface area contributed by atoms with Gasteiger partial charge in [0, 0.05) is 21.3 Å². The van der Waals surface area contributed by atoms with Crippen LogP contribution in [0.3, 0.4) is 0 Å². The van der Waals surface area contributed by atoms with E-state index in [9.17, 15) is 4.79 Å². The quantitative estimate of drug-likeness (QED) is 0.380. The third-order valence-electron chi connectivity index (χ3n) is 4.71. The van der Waals surface area contributed by atoms with E-state index in [0.717, 1.165) is 26.8 Å². The van der Waals surface area contributed by atoms with Crippen LogP contribution in [-0.4, -0.2) is 21.5 Å². The number of aromatic nitrogens is 1. The summed E-state index contributed by atoms with van der Waals surface area (Å²) in [7, 11) is 0. The van der Waals surface area contributed by atoms with Gasteiger partial charge in [-0.15, -0.1) is 0 Å². The van der Waals surface area contributed by atoms with Crippen LogP contribution in [0.15, 0.2) is 69.6 Å². The molecule has 4 N–H and O–H groups in total. The van der Waals surface area contributed by atoms with Gasteiger partial charge >= 0.3 is 0 Å². The van der Waals surface area contributed by atoms with Crippen molar-refractivity contribution in [3.05, 3.63) is 81.8 Å². The Morgan fingerprint density at radius 2 is 1.74 bits per heavy atom. The molecule has 0 aliphatic carbocycles. The molecule has 0 saturated heterocycles. The van der Waals surface area contributed by atoms with Crippen molar-refractivity contribution in [1.82, 2.24) is 10.3 Å². The maximum atomic E-state index is 12.3. The van der Waals surface area contributed by atoms with Gasteiger partial charge in [-0.3, -0.25) is 10.1 Å². The highest BCUT2D eigenvalue weighted by molar-refractivity contribution is 9.10. The molecule has 4 rings (SSSR count). The molecule has 0 unspecified atom stereocenters. The molecule has 0 aliphatic rings. The summed E-state index contributed by atoms with van der Waals surface area (Å²) in [5.41, 5.74) is 6.09. The zero-order valence-electron chi connectivity index (χ0n) is 16.8. The second-order valence-corrected chi connectivity index (χ2v) is 8.24. The highest BCUT2D eigenvalue weighted by atomic mass is 79.9. The zero-order valence-corrected chi connectivity index (χ0v) is 19.2. The molecule has 4 aromatic rings. The lowest BCUT2D eigenvalue weighted by Gasteiger charge is -2.10. The van der Waals surface area contributed by atoms with Crippen molar-refractivity contribution in [2.24, 2.45) is 0 Å². The number of oxazole rings is 1. The minimum atomic E-state index is -0.275. The Labute approximate surface area is 193 Å². The number of rotatable bonds is 3. The molecule has 8 heteroatoms. The van der Waals surface area contributed by atoms with Crippen LogP contribution in [0.2, 0.25) is 0 Å². The van der Waals surface area contributed by atoms with Crippen LogP contribution >= 0.6 is 28.1 Å². The molecule has 0 spiro atoms. The molecular weight excluding hydrogens is 478 g/mol. The average Bonchev–Trinajstić information content (AvgIpc) is 3.11. The number of thiocarbonyl (C=S) groups is 1. The highest BCUT2D eigenvalue weighted by Gasteiger charge is 2.11. The first-order valence-corrected chi connectivity index (χ1v) is 10.5. The molecule has 0 atom stereocenters. The number of amides is 1. The molecule has 1 amide bonds. The summed E-state index contributed by atoms with van der Waals surface area (Å²) in [5.74, 6) is 0.287. The molecule has 1 heterocycles. The van der Waals surface area contributed by atoms with Gasteiger partial charge in [0.15, 0.2) is 10.7 Å². The summed E-state index contributed by atoms with van der Waals surface area (Å²) in [6.45, 7) is 4.11. The predicted molar refractivity (Wildman–Crippen MR) is 130 cm³/mol. The fourth-order valence-electron chi connectivity index (χ4n) is 2.97. The monoisotopic (exact) mass is 497 g/mol. The molecule has 0 saturated carbocycles. The molecule has 0 bridgehead atoms. The molecule has 1 aromatic heterocycles. The van der Waals surface area contributed by atoms with E-state index in [4.69, 9.17) is 16.6 Å². The van der Waals surface area contributed by atoms with Gasteiger partial charge in [0.2, 0.25) is 5.89 Å². The van der Waals surface area contributed by atoms with Crippen LogP contribution in [0.4, 0.5) is 5.69 Å². The first-order chi connectivity index (χ1) is 14.4. The van der Waals surface area contributed by atoms with Crippen molar-refractivity contribution in [1.29, 1.82) is 0 Å². The summed E-state index contributed by atoms with van der Waals surface area (Å²) >= 11 is 8.61. The average molecular weight is 498 g/mol. The van der Waals surface area contributed by atoms with E-state index < -0.39 is 0 Å². The Balaban J connectivity index is 0.00000272. The van der Waals surface area contributed by atoms with Gasteiger partial charge in [-0.1, -0.05) is 22.0 Å². The molecule has 3 aromatic carbocycles. The molecule has 0 radical (unpaired) electrons. The smallest absolute Gasteiger partial charge is 0.257 e. The zero-order chi connectivity index (χ0) is 21.3. The van der Waals surface area contributed by atoms with Crippen LogP contribution < -0.4 is 10.6 Å². The highest BCUT2D eigenvalue weighted by Crippen LogP contribution is 2.27. The van der Waals surface area contributed by atoms with E-state index in [1.807, 2.05) is 42.5 Å². The number of hydrogen-bond acceptors (Lipinski definition) is 4. The number of benzene rings is 3. The Hall–Kier alpha value is -3.07. The standard InChI is InChI=1S/C23H18BrN3O2S.H2O/c1-13-10-19-20(11-14(13)2)29-22(26-19)15-6-8-18(9-7-15)25-23(30)27-21(28)16-4-3-5-17(24)12-16;/h3-12H,1-2H3,(H2,25,27,28,30);1H2. The number of anilines is 1. The van der Waals surface area contributed by atoms with Gasteiger partial charge < -0.3 is 15.2 Å². The fourth-order valence-corrected chi connectivity index (χ4v) is 3.58. The minimum Gasteiger partial charge on any atom is -0.436 e. The largest absolute Gasteiger partial charge is 0.436 e. The Kier molecular flexibility index (Phi) is 6.84. The van der Waals surface area contributed by atoms with Gasteiger partial charge in [0.25, 0.3) is 5.91 Å². The Morgan fingerprint density at radius 1 is 1.03 bits per heavy atom. The van der Waals surface area contributed by atoms with Crippen molar-refractivity contribution in [2.45, 2.75) is 13.8 Å². The summed E-state index contributed by atoms with van der Waals surface area (Å²) in [6.07, 6.45) is 0. The van der Waals surface area contributed by atoms with Crippen LogP contribution in [-0.2, 0) is 0 Å². The predicted octanol–water partition coefficient (Wildman–Crippen LogP) is 5.18. The lowest BCUT2D eigenvalue weighted by molar-refractivity contribution is 0.0977. The Bertz CT molecular complexity index is 1230. The van der Waals surface area contributed by atoms with Crippen molar-refractivity contribution in [3.8, 4) is 11.5 Å². The number of nitrogens with zero attached hydrogens (tertiary/aromatic N) is 1. The first-order valence-electron chi connectivity index (χ1n) is 9.25. The molecule has 31 heavy (non-hydrogen) atoms. The summed E-state index contributed by atoms with van der Waals surface area (Å²) in [6, 6.07) is 18.6. The van der Waals surface area contributed by atoms with Gasteiger partial charge in [0.1, 0.15) is 5.52 Å². The fraction of sp³-hybridized carbons (Fsp3) is 0.0870. The van der Waals surface area contributed by atoms with Gasteiger partial charge in [-0.25, -0.2) is 4.98 Å². The van der Waals surface area contributed by atoms with Crippen LogP contribution in [0.1, 0.15) is 21.5 Å². The van der Waals surface area contributed by atoms with Gasteiger partial charge in [-0.05, 0) is 91.8 Å². The lowest BCUT2D eigenvalue weighted by Crippen LogP contribution is -2.34. The second kappa shape index (κ2) is 9.38. The van der Waals surface area contributed by atoms with Crippen LogP contribution in [0.25, 0.3) is 22.6 Å². The minimum absolute atomic E-state index is 0. The maximum Gasteiger partial charge on any atom is 0.257 e. The van der Waals surface area contributed by atoms with Crippen molar-refractivity contribution in [3.63, 3.8) is 0 Å². The summed E-state index contributed by atoms with van der Waals surface area (Å²) in [5, 5.41) is 5.91. The molecule has 0 fully saturated rings. The van der Waals surface area contributed by atoms with Gasteiger partial charge in [-0.2, -0.15) is 0 Å². The number of nitrogens with one attached hydrogen (secondary N) is 2. The normalized spacial score (nSPS) is 10.4. The van der Waals surface area contributed by atoms with Crippen LogP contribution in [0, 0.1) is 13.8 Å². The van der Waals surface area contributed by atoms with Crippen molar-refractivity contribution < 1.29 is 14.7 Å². The van der Waals surface area contributed by atoms with Crippen molar-refractivity contribution in [2.75, 3.05) is 5.32 Å². The van der Waals surface area contributed by atoms with E-state index in [-0.39, 0.29) is 16.5 Å². The van der Waals surface area contributed by atoms with E-state index >= 15 is 0 Å². The molecule has 0 aliphatic heterocycles. The molecule has 6 nitrogen and oxygen atoms in total. The van der Waals surface area contributed by atoms with E-state index in [1.165, 1.54) is 11.1 Å². The van der Waals surface area contributed by atoms with E-state index in [0.29, 0.717) is 11.5 Å². The number of carbonyl (C=O) groups is 1. The lowest BCUT2D eigenvalue weighted by atomic mass is 10.1. The number of aryl methyl sites for hydroxylation is 2. The van der Waals surface area contributed by atoms with Gasteiger partial charge in [0.05, 0.1) is 0 Å². The van der Waals surface area contributed by atoms with E-state index in [1.54, 1.807) is 18.2 Å². The number of halogens is 1. The SMILES string of the molecule is Cc1cc2nc(-c3ccc(NC(=S)NC(=O)c4cccc(Br)c4)cc3)oc2cc1C.O. The molecule has 158 valence electrons. The second-order valence-electron chi connectivity index (χ2n) is 6.92. The van der Waals surface area contributed by atoms with Crippen molar-refractivity contribution >= 4 is 56.0 Å². The third kappa shape index (κ3) is 5.16.